The number of carboxylic acid groups (broad SMARTS) is 1. The van der Waals surface area contributed by atoms with E-state index in [4.69, 9.17) is 5.11 Å². The highest BCUT2D eigenvalue weighted by atomic mass is 19.1. The Morgan fingerprint density at radius 2 is 2.00 bits per heavy atom. The van der Waals surface area contributed by atoms with Crippen LogP contribution in [0.5, 0.6) is 0 Å². The van der Waals surface area contributed by atoms with Gasteiger partial charge in [-0.1, -0.05) is 6.07 Å². The first-order valence-electron chi connectivity index (χ1n) is 6.06. The number of amides is 2. The summed E-state index contributed by atoms with van der Waals surface area (Å²) < 4.78 is 13.0. The molecule has 0 aliphatic carbocycles. The highest BCUT2D eigenvalue weighted by molar-refractivity contribution is 5.91. The molecule has 6 nitrogen and oxygen atoms in total. The van der Waals surface area contributed by atoms with Gasteiger partial charge >= 0.3 is 12.0 Å². The molecule has 2 amide bonds. The van der Waals surface area contributed by atoms with Gasteiger partial charge in [0.1, 0.15) is 12.4 Å². The zero-order chi connectivity index (χ0) is 15.1. The molecule has 0 aromatic heterocycles. The highest BCUT2D eigenvalue weighted by Gasteiger charge is 2.17. The van der Waals surface area contributed by atoms with E-state index in [1.165, 1.54) is 24.3 Å². The van der Waals surface area contributed by atoms with Crippen LogP contribution < -0.4 is 5.32 Å². The number of carbonyl (C=O) groups is 2. The summed E-state index contributed by atoms with van der Waals surface area (Å²) >= 11 is 0. The second kappa shape index (κ2) is 7.44. The molecule has 1 aromatic rings. The summed E-state index contributed by atoms with van der Waals surface area (Å²) in [6, 6.07) is 4.86. The van der Waals surface area contributed by atoms with E-state index < -0.39 is 24.4 Å². The molecule has 110 valence electrons. The van der Waals surface area contributed by atoms with Gasteiger partial charge in [-0.25, -0.2) is 9.18 Å². The van der Waals surface area contributed by atoms with Gasteiger partial charge in [0.15, 0.2) is 0 Å². The van der Waals surface area contributed by atoms with Crippen LogP contribution in [0.1, 0.15) is 0 Å². The van der Waals surface area contributed by atoms with Crippen molar-refractivity contribution in [2.75, 3.05) is 39.0 Å². The maximum Gasteiger partial charge on any atom is 0.323 e. The Kier molecular flexibility index (Phi) is 5.92. The summed E-state index contributed by atoms with van der Waals surface area (Å²) in [5.41, 5.74) is 0.287. The fourth-order valence-electron chi connectivity index (χ4n) is 1.51. The van der Waals surface area contributed by atoms with Crippen LogP contribution in [0.4, 0.5) is 14.9 Å². The first kappa shape index (κ1) is 15.9. The highest BCUT2D eigenvalue weighted by Crippen LogP contribution is 2.10. The van der Waals surface area contributed by atoms with Crippen LogP contribution in [0.2, 0.25) is 0 Å². The van der Waals surface area contributed by atoms with Gasteiger partial charge in [0.25, 0.3) is 0 Å². The zero-order valence-electron chi connectivity index (χ0n) is 11.5. The molecule has 0 aliphatic heterocycles. The molecule has 0 fully saturated rings. The predicted octanol–water partition coefficient (Wildman–Crippen LogP) is 1.31. The SMILES string of the molecule is CN(C)CCN(CC(=O)O)C(=O)Nc1cccc(F)c1. The molecule has 0 atom stereocenters. The lowest BCUT2D eigenvalue weighted by atomic mass is 10.3. The number of benzene rings is 1. The van der Waals surface area contributed by atoms with E-state index in [9.17, 15) is 14.0 Å². The van der Waals surface area contributed by atoms with Crippen molar-refractivity contribution in [3.05, 3.63) is 30.1 Å². The fourth-order valence-corrected chi connectivity index (χ4v) is 1.51. The molecule has 0 bridgehead atoms. The van der Waals surface area contributed by atoms with Gasteiger partial charge in [-0.2, -0.15) is 0 Å². The fraction of sp³-hybridized carbons (Fsp3) is 0.385. The van der Waals surface area contributed by atoms with Crippen LogP contribution in [-0.4, -0.2) is 60.6 Å². The Hall–Kier alpha value is -2.15. The van der Waals surface area contributed by atoms with Crippen molar-refractivity contribution < 1.29 is 19.1 Å². The van der Waals surface area contributed by atoms with E-state index in [1.54, 1.807) is 0 Å². The molecule has 1 rings (SSSR count). The second-order valence-electron chi connectivity index (χ2n) is 4.56. The van der Waals surface area contributed by atoms with Crippen LogP contribution in [0.15, 0.2) is 24.3 Å². The van der Waals surface area contributed by atoms with Gasteiger partial charge in [0, 0.05) is 18.8 Å². The summed E-state index contributed by atoms with van der Waals surface area (Å²) in [4.78, 5) is 25.8. The second-order valence-corrected chi connectivity index (χ2v) is 4.56. The molecule has 0 saturated heterocycles. The first-order valence-corrected chi connectivity index (χ1v) is 6.06. The number of nitrogens with one attached hydrogen (secondary N) is 1. The number of hydrogen-bond acceptors (Lipinski definition) is 3. The summed E-state index contributed by atoms with van der Waals surface area (Å²) in [5, 5.41) is 11.3. The van der Waals surface area contributed by atoms with E-state index in [1.807, 2.05) is 19.0 Å². The lowest BCUT2D eigenvalue weighted by Crippen LogP contribution is -2.42. The number of carbonyl (C=O) groups excluding carboxylic acids is 1. The molecule has 7 heteroatoms. The third kappa shape index (κ3) is 5.66. The average molecular weight is 283 g/mol. The number of nitrogens with zero attached hydrogens (tertiary/aromatic N) is 2. The van der Waals surface area contributed by atoms with Crippen molar-refractivity contribution in [2.24, 2.45) is 0 Å². The van der Waals surface area contributed by atoms with Gasteiger partial charge in [0.05, 0.1) is 0 Å². The lowest BCUT2D eigenvalue weighted by molar-refractivity contribution is -0.137. The van der Waals surface area contributed by atoms with Gasteiger partial charge < -0.3 is 20.2 Å². The molecule has 20 heavy (non-hydrogen) atoms. The standard InChI is InChI=1S/C13H18FN3O3/c1-16(2)6-7-17(9-12(18)19)13(20)15-11-5-3-4-10(14)8-11/h3-5,8H,6-7,9H2,1-2H3,(H,15,20)(H,18,19). The number of anilines is 1. The van der Waals surface area contributed by atoms with Crippen LogP contribution in [0, 0.1) is 5.82 Å². The maximum absolute atomic E-state index is 13.0. The summed E-state index contributed by atoms with van der Waals surface area (Å²) in [6.45, 7) is 0.388. The van der Waals surface area contributed by atoms with Gasteiger partial charge in [-0.15, -0.1) is 0 Å². The Morgan fingerprint density at radius 3 is 2.55 bits per heavy atom. The van der Waals surface area contributed by atoms with Crippen molar-refractivity contribution in [3.63, 3.8) is 0 Å². The van der Waals surface area contributed by atoms with Crippen molar-refractivity contribution in [2.45, 2.75) is 0 Å². The van der Waals surface area contributed by atoms with Crippen molar-refractivity contribution in [1.29, 1.82) is 0 Å². The first-order chi connectivity index (χ1) is 9.38. The molecule has 0 heterocycles. The monoisotopic (exact) mass is 283 g/mol. The summed E-state index contributed by atoms with van der Waals surface area (Å²) in [6.07, 6.45) is 0. The lowest BCUT2D eigenvalue weighted by Gasteiger charge is -2.23. The number of rotatable bonds is 6. The third-order valence-corrected chi connectivity index (χ3v) is 2.51. The minimum absolute atomic E-state index is 0.264. The van der Waals surface area contributed by atoms with Crippen molar-refractivity contribution in [3.8, 4) is 0 Å². The largest absolute Gasteiger partial charge is 0.480 e. The molecule has 0 unspecified atom stereocenters. The third-order valence-electron chi connectivity index (χ3n) is 2.51. The summed E-state index contributed by atoms with van der Waals surface area (Å²) in [7, 11) is 3.65. The Balaban J connectivity index is 2.69. The van der Waals surface area contributed by atoms with E-state index in [2.05, 4.69) is 5.32 Å². The number of hydrogen-bond donors (Lipinski definition) is 2. The molecule has 1 aromatic carbocycles. The van der Waals surface area contributed by atoms with Crippen LogP contribution in [0.3, 0.4) is 0 Å². The van der Waals surface area contributed by atoms with Crippen LogP contribution >= 0.6 is 0 Å². The van der Waals surface area contributed by atoms with E-state index in [0.29, 0.717) is 6.54 Å². The smallest absolute Gasteiger partial charge is 0.323 e. The Bertz CT molecular complexity index is 480. The van der Waals surface area contributed by atoms with Crippen molar-refractivity contribution >= 4 is 17.7 Å². The average Bonchev–Trinajstić information content (AvgIpc) is 2.33. The predicted molar refractivity (Wildman–Crippen MR) is 73.2 cm³/mol. The number of aliphatic carboxylic acids is 1. The van der Waals surface area contributed by atoms with Gasteiger partial charge in [-0.05, 0) is 32.3 Å². The van der Waals surface area contributed by atoms with Crippen LogP contribution in [-0.2, 0) is 4.79 Å². The van der Waals surface area contributed by atoms with E-state index in [-0.39, 0.29) is 12.2 Å². The quantitative estimate of drug-likeness (QED) is 0.825. The summed E-state index contributed by atoms with van der Waals surface area (Å²) in [5.74, 6) is -1.57. The minimum atomic E-state index is -1.10. The molecule has 0 spiro atoms. The minimum Gasteiger partial charge on any atom is -0.480 e. The molecule has 2 N–H and O–H groups in total. The topological polar surface area (TPSA) is 72.9 Å². The normalized spacial score (nSPS) is 10.4. The van der Waals surface area contributed by atoms with E-state index in [0.717, 1.165) is 4.90 Å². The Morgan fingerprint density at radius 1 is 1.30 bits per heavy atom. The van der Waals surface area contributed by atoms with Crippen molar-refractivity contribution in [1.82, 2.24) is 9.80 Å². The molecule has 0 saturated carbocycles. The molecular weight excluding hydrogens is 265 g/mol. The number of carboxylic acids is 1. The number of likely N-dealkylation sites (N-methyl/N-ethyl adjacent to an activating group) is 1. The van der Waals surface area contributed by atoms with Crippen LogP contribution in [0.25, 0.3) is 0 Å². The maximum atomic E-state index is 13.0. The zero-order valence-corrected chi connectivity index (χ0v) is 11.5. The van der Waals surface area contributed by atoms with Gasteiger partial charge in [0.2, 0.25) is 0 Å². The molecule has 0 aliphatic rings. The Labute approximate surface area is 116 Å². The van der Waals surface area contributed by atoms with E-state index >= 15 is 0 Å². The van der Waals surface area contributed by atoms with Gasteiger partial charge in [-0.3, -0.25) is 4.79 Å². The number of halogens is 1. The molecule has 0 radical (unpaired) electrons. The number of urea groups is 1. The molecular formula is C13H18FN3O3.